The number of ether oxygens (including phenoxy) is 3. The van der Waals surface area contributed by atoms with Crippen LogP contribution < -0.4 is 20.1 Å². The monoisotopic (exact) mass is 402 g/mol. The van der Waals surface area contributed by atoms with Crippen molar-refractivity contribution in [2.45, 2.75) is 31.1 Å². The van der Waals surface area contributed by atoms with E-state index < -0.39 is 0 Å². The predicted molar refractivity (Wildman–Crippen MR) is 114 cm³/mol. The summed E-state index contributed by atoms with van der Waals surface area (Å²) in [6, 6.07) is 6.48. The lowest BCUT2D eigenvalue weighted by molar-refractivity contribution is 0.0389. The molecule has 1 saturated heterocycles. The van der Waals surface area contributed by atoms with Crippen LogP contribution in [0.2, 0.25) is 0 Å². The van der Waals surface area contributed by atoms with Gasteiger partial charge < -0.3 is 24.8 Å². The highest BCUT2D eigenvalue weighted by atomic mass is 16.6. The maximum absolute atomic E-state index is 5.83. The number of nitrogens with zero attached hydrogens (tertiary/aromatic N) is 2. The Bertz CT molecular complexity index is 697. The third kappa shape index (κ3) is 4.95. The Labute approximate surface area is 173 Å². The summed E-state index contributed by atoms with van der Waals surface area (Å²) < 4.78 is 17.0. The van der Waals surface area contributed by atoms with Crippen molar-refractivity contribution in [3.8, 4) is 11.5 Å². The van der Waals surface area contributed by atoms with Crippen molar-refractivity contribution in [1.29, 1.82) is 0 Å². The second-order valence-corrected chi connectivity index (χ2v) is 8.15. The highest BCUT2D eigenvalue weighted by molar-refractivity contribution is 5.79. The van der Waals surface area contributed by atoms with Gasteiger partial charge in [0.05, 0.1) is 13.2 Å². The van der Waals surface area contributed by atoms with E-state index in [-0.39, 0.29) is 5.41 Å². The van der Waals surface area contributed by atoms with Gasteiger partial charge in [0.15, 0.2) is 17.5 Å². The van der Waals surface area contributed by atoms with Crippen LogP contribution in [0.3, 0.4) is 0 Å². The molecule has 7 heteroatoms. The van der Waals surface area contributed by atoms with Gasteiger partial charge in [-0.25, -0.2) is 0 Å². The Morgan fingerprint density at radius 2 is 1.79 bits per heavy atom. The van der Waals surface area contributed by atoms with Crippen LogP contribution in [0.5, 0.6) is 11.5 Å². The smallest absolute Gasteiger partial charge is 0.191 e. The van der Waals surface area contributed by atoms with E-state index in [1.807, 2.05) is 7.05 Å². The molecule has 0 unspecified atom stereocenters. The second-order valence-electron chi connectivity index (χ2n) is 8.15. The second kappa shape index (κ2) is 9.67. The van der Waals surface area contributed by atoms with E-state index in [1.165, 1.54) is 31.2 Å². The summed E-state index contributed by atoms with van der Waals surface area (Å²) in [5, 5.41) is 7.06. The van der Waals surface area contributed by atoms with Crippen molar-refractivity contribution in [2.75, 3.05) is 66.2 Å². The molecule has 2 fully saturated rings. The van der Waals surface area contributed by atoms with E-state index in [9.17, 15) is 0 Å². The molecule has 2 heterocycles. The van der Waals surface area contributed by atoms with Gasteiger partial charge in [0.2, 0.25) is 0 Å². The molecule has 1 aliphatic carbocycles. The van der Waals surface area contributed by atoms with E-state index in [0.29, 0.717) is 13.2 Å². The Hall–Kier alpha value is -1.99. The fraction of sp³-hybridized carbons (Fsp3) is 0.682. The largest absolute Gasteiger partial charge is 0.486 e. The van der Waals surface area contributed by atoms with Crippen LogP contribution in [0.15, 0.2) is 23.2 Å². The first-order valence-electron chi connectivity index (χ1n) is 10.9. The van der Waals surface area contributed by atoms with Gasteiger partial charge in [-0.1, -0.05) is 18.9 Å². The summed E-state index contributed by atoms with van der Waals surface area (Å²) in [4.78, 5) is 6.86. The van der Waals surface area contributed by atoms with Crippen LogP contribution in [-0.4, -0.2) is 77.1 Å². The average molecular weight is 403 g/mol. The first-order chi connectivity index (χ1) is 14.3. The number of rotatable bonds is 6. The summed E-state index contributed by atoms with van der Waals surface area (Å²) in [6.07, 6.45) is 4.90. The van der Waals surface area contributed by atoms with E-state index >= 15 is 0 Å². The molecule has 160 valence electrons. The van der Waals surface area contributed by atoms with Gasteiger partial charge in [-0.3, -0.25) is 9.89 Å². The Morgan fingerprint density at radius 3 is 2.55 bits per heavy atom. The van der Waals surface area contributed by atoms with E-state index in [1.54, 1.807) is 0 Å². The minimum Gasteiger partial charge on any atom is -0.486 e. The number of guanidine groups is 1. The van der Waals surface area contributed by atoms with Crippen molar-refractivity contribution >= 4 is 5.96 Å². The summed E-state index contributed by atoms with van der Waals surface area (Å²) in [5.41, 5.74) is 1.47. The number of benzene rings is 1. The van der Waals surface area contributed by atoms with Crippen LogP contribution in [0, 0.1) is 0 Å². The van der Waals surface area contributed by atoms with Gasteiger partial charge in [0, 0.05) is 45.2 Å². The third-order valence-corrected chi connectivity index (χ3v) is 6.36. The fourth-order valence-corrected chi connectivity index (χ4v) is 4.62. The molecule has 0 bridgehead atoms. The van der Waals surface area contributed by atoms with Crippen LogP contribution in [-0.2, 0) is 10.2 Å². The highest BCUT2D eigenvalue weighted by Gasteiger charge is 2.36. The standard InChI is InChI=1S/C22H34N4O3/c1-23-21(24-8-9-26-10-12-27-13-11-26)25-17-22(6-2-3-7-22)18-4-5-19-20(16-18)29-15-14-28-19/h4-5,16H,2-3,6-15,17H2,1H3,(H2,23,24,25). The lowest BCUT2D eigenvalue weighted by Gasteiger charge is -2.32. The highest BCUT2D eigenvalue weighted by Crippen LogP contribution is 2.43. The van der Waals surface area contributed by atoms with Crippen molar-refractivity contribution in [1.82, 2.24) is 15.5 Å². The van der Waals surface area contributed by atoms with Gasteiger partial charge >= 0.3 is 0 Å². The zero-order chi connectivity index (χ0) is 19.9. The molecule has 4 rings (SSSR count). The molecule has 29 heavy (non-hydrogen) atoms. The fourth-order valence-electron chi connectivity index (χ4n) is 4.62. The van der Waals surface area contributed by atoms with Crippen molar-refractivity contribution < 1.29 is 14.2 Å². The van der Waals surface area contributed by atoms with Gasteiger partial charge in [0.1, 0.15) is 13.2 Å². The molecule has 0 atom stereocenters. The number of hydrogen-bond acceptors (Lipinski definition) is 5. The molecular weight excluding hydrogens is 368 g/mol. The minimum absolute atomic E-state index is 0.123. The number of morpholine rings is 1. The Morgan fingerprint density at radius 1 is 1.03 bits per heavy atom. The lowest BCUT2D eigenvalue weighted by Crippen LogP contribution is -2.47. The van der Waals surface area contributed by atoms with Crippen LogP contribution in [0.25, 0.3) is 0 Å². The molecular formula is C22H34N4O3. The number of hydrogen-bond donors (Lipinski definition) is 2. The number of fused-ring (bicyclic) bond motifs is 1. The normalized spacial score (nSPS) is 21.8. The zero-order valence-corrected chi connectivity index (χ0v) is 17.5. The average Bonchev–Trinajstić information content (AvgIpc) is 3.26. The van der Waals surface area contributed by atoms with Crippen LogP contribution in [0.4, 0.5) is 0 Å². The van der Waals surface area contributed by atoms with Crippen molar-refractivity contribution in [2.24, 2.45) is 4.99 Å². The summed E-state index contributed by atoms with van der Waals surface area (Å²) in [6.45, 7) is 7.74. The molecule has 7 nitrogen and oxygen atoms in total. The molecule has 0 amide bonds. The zero-order valence-electron chi connectivity index (χ0n) is 17.5. The lowest BCUT2D eigenvalue weighted by atomic mass is 9.78. The maximum atomic E-state index is 5.83. The summed E-state index contributed by atoms with van der Waals surface area (Å²) in [5.74, 6) is 2.62. The first-order valence-corrected chi connectivity index (χ1v) is 10.9. The van der Waals surface area contributed by atoms with Crippen molar-refractivity contribution in [3.63, 3.8) is 0 Å². The van der Waals surface area contributed by atoms with Gasteiger partial charge in [-0.2, -0.15) is 0 Å². The summed E-state index contributed by atoms with van der Waals surface area (Å²) in [7, 11) is 1.84. The molecule has 2 aliphatic heterocycles. The third-order valence-electron chi connectivity index (χ3n) is 6.36. The Kier molecular flexibility index (Phi) is 6.77. The van der Waals surface area contributed by atoms with Crippen LogP contribution >= 0.6 is 0 Å². The van der Waals surface area contributed by atoms with Gasteiger partial charge in [-0.05, 0) is 30.5 Å². The molecule has 1 saturated carbocycles. The van der Waals surface area contributed by atoms with E-state index in [2.05, 4.69) is 38.7 Å². The SMILES string of the molecule is CN=C(NCCN1CCOCC1)NCC1(c2ccc3c(c2)OCCO3)CCCC1. The molecule has 1 aromatic rings. The first kappa shape index (κ1) is 20.3. The molecule has 2 N–H and O–H groups in total. The Balaban J connectivity index is 1.35. The molecule has 0 spiro atoms. The van der Waals surface area contributed by atoms with Crippen LogP contribution in [0.1, 0.15) is 31.2 Å². The van der Waals surface area contributed by atoms with E-state index in [0.717, 1.165) is 63.4 Å². The summed E-state index contributed by atoms with van der Waals surface area (Å²) >= 11 is 0. The van der Waals surface area contributed by atoms with Gasteiger partial charge in [-0.15, -0.1) is 0 Å². The minimum atomic E-state index is 0.123. The topological polar surface area (TPSA) is 67.4 Å². The molecule has 0 aromatic heterocycles. The quantitative estimate of drug-likeness (QED) is 0.558. The maximum Gasteiger partial charge on any atom is 0.191 e. The molecule has 3 aliphatic rings. The predicted octanol–water partition coefficient (Wildman–Crippen LogP) is 1.77. The number of aliphatic imine (C=N–C) groups is 1. The number of nitrogens with one attached hydrogen (secondary N) is 2. The molecule has 0 radical (unpaired) electrons. The molecule has 1 aromatic carbocycles. The van der Waals surface area contributed by atoms with Crippen molar-refractivity contribution in [3.05, 3.63) is 23.8 Å². The van der Waals surface area contributed by atoms with E-state index in [4.69, 9.17) is 14.2 Å². The van der Waals surface area contributed by atoms with Gasteiger partial charge in [0.25, 0.3) is 0 Å².